The second-order valence-electron chi connectivity index (χ2n) is 5.98. The minimum absolute atomic E-state index is 0.00624. The van der Waals surface area contributed by atoms with Gasteiger partial charge < -0.3 is 15.4 Å². The van der Waals surface area contributed by atoms with Gasteiger partial charge in [0.25, 0.3) is 5.91 Å². The predicted octanol–water partition coefficient (Wildman–Crippen LogP) is 3.35. The molecule has 2 aromatic rings. The maximum absolute atomic E-state index is 12.7. The van der Waals surface area contributed by atoms with Crippen LogP contribution in [0, 0.1) is 0 Å². The van der Waals surface area contributed by atoms with Crippen LogP contribution in [0.3, 0.4) is 0 Å². The molecule has 1 atom stereocenters. The van der Waals surface area contributed by atoms with Crippen LogP contribution < -0.4 is 15.4 Å². The van der Waals surface area contributed by atoms with Crippen molar-refractivity contribution in [2.45, 2.75) is 13.0 Å². The van der Waals surface area contributed by atoms with Crippen LogP contribution in [0.15, 0.2) is 53.2 Å². The number of carbonyl (C=O) groups excluding carboxylic acids is 3. The first-order chi connectivity index (χ1) is 12.5. The van der Waals surface area contributed by atoms with Crippen molar-refractivity contribution in [3.63, 3.8) is 0 Å². The largest absolute Gasteiger partial charge is 0.479 e. The molecule has 26 heavy (non-hydrogen) atoms. The van der Waals surface area contributed by atoms with Crippen LogP contribution in [0.25, 0.3) is 0 Å². The molecule has 7 heteroatoms. The van der Waals surface area contributed by atoms with Crippen molar-refractivity contribution in [1.29, 1.82) is 0 Å². The zero-order valence-electron chi connectivity index (χ0n) is 13.6. The number of rotatable bonds is 2. The lowest BCUT2D eigenvalue weighted by atomic mass is 9.92. The van der Waals surface area contributed by atoms with Gasteiger partial charge in [-0.05, 0) is 25.1 Å². The number of anilines is 2. The summed E-state index contributed by atoms with van der Waals surface area (Å²) in [4.78, 5) is 36.9. The van der Waals surface area contributed by atoms with E-state index in [1.54, 1.807) is 49.4 Å². The Balaban J connectivity index is 1.69. The van der Waals surface area contributed by atoms with Gasteiger partial charge in [0, 0.05) is 16.8 Å². The van der Waals surface area contributed by atoms with E-state index in [4.69, 9.17) is 16.3 Å². The average molecular weight is 369 g/mol. The van der Waals surface area contributed by atoms with Crippen molar-refractivity contribution >= 4 is 40.4 Å². The highest BCUT2D eigenvalue weighted by molar-refractivity contribution is 6.50. The molecule has 1 heterocycles. The molecule has 0 bridgehead atoms. The molecule has 0 unspecified atom stereocenters. The molecule has 2 N–H and O–H groups in total. The van der Waals surface area contributed by atoms with E-state index in [0.717, 1.165) is 0 Å². The van der Waals surface area contributed by atoms with Gasteiger partial charge in [-0.15, -0.1) is 0 Å². The summed E-state index contributed by atoms with van der Waals surface area (Å²) in [6, 6.07) is 11.5. The molecule has 1 aliphatic carbocycles. The third-order valence-electron chi connectivity index (χ3n) is 4.24. The number of nitrogens with one attached hydrogen (secondary N) is 2. The molecule has 4 rings (SSSR count). The fraction of sp³-hybridized carbons (Fsp3) is 0.105. The molecule has 2 aromatic carbocycles. The predicted molar refractivity (Wildman–Crippen MR) is 96.8 cm³/mol. The fourth-order valence-corrected chi connectivity index (χ4v) is 3.12. The molecule has 0 spiro atoms. The van der Waals surface area contributed by atoms with Gasteiger partial charge in [0.1, 0.15) is 16.5 Å². The molecule has 2 aliphatic rings. The van der Waals surface area contributed by atoms with Crippen LogP contribution in [-0.4, -0.2) is 23.6 Å². The Morgan fingerprint density at radius 3 is 2.46 bits per heavy atom. The summed E-state index contributed by atoms with van der Waals surface area (Å²) in [5, 5.41) is 5.46. The zero-order valence-corrected chi connectivity index (χ0v) is 14.4. The van der Waals surface area contributed by atoms with Crippen molar-refractivity contribution in [3.05, 3.63) is 64.3 Å². The van der Waals surface area contributed by atoms with E-state index in [2.05, 4.69) is 10.6 Å². The quantitative estimate of drug-likeness (QED) is 0.849. The summed E-state index contributed by atoms with van der Waals surface area (Å²) >= 11 is 6.14. The number of Topliss-reactive ketones (excluding diaryl/α,β-unsaturated/α-hetero) is 2. The number of fused-ring (bicyclic) bond motifs is 2. The van der Waals surface area contributed by atoms with Gasteiger partial charge in [-0.2, -0.15) is 0 Å². The minimum Gasteiger partial charge on any atom is -0.479 e. The Kier molecular flexibility index (Phi) is 3.77. The maximum atomic E-state index is 12.7. The van der Waals surface area contributed by atoms with Crippen molar-refractivity contribution in [1.82, 2.24) is 0 Å². The number of ether oxygens (including phenoxy) is 1. The fourth-order valence-electron chi connectivity index (χ4n) is 2.89. The number of ketones is 2. The van der Waals surface area contributed by atoms with Gasteiger partial charge in [0.2, 0.25) is 11.6 Å². The second kappa shape index (κ2) is 6.00. The first-order valence-corrected chi connectivity index (χ1v) is 8.30. The van der Waals surface area contributed by atoms with E-state index >= 15 is 0 Å². The smallest absolute Gasteiger partial charge is 0.265 e. The molecule has 1 aliphatic heterocycles. The monoisotopic (exact) mass is 368 g/mol. The Morgan fingerprint density at radius 1 is 1.04 bits per heavy atom. The number of allylic oxidation sites excluding steroid dienone is 2. The number of hydrogen-bond acceptors (Lipinski definition) is 5. The summed E-state index contributed by atoms with van der Waals surface area (Å²) < 4.78 is 5.50. The number of hydrogen-bond donors (Lipinski definition) is 2. The van der Waals surface area contributed by atoms with Crippen molar-refractivity contribution in [2.75, 3.05) is 10.6 Å². The molecule has 130 valence electrons. The SMILES string of the molecule is C[C@H]1Oc2ccc(NC3=C(Cl)C(=O)c4ccccc4C3=O)cc2NC1=O. The molecule has 6 nitrogen and oxygen atoms in total. The topological polar surface area (TPSA) is 84.5 Å². The number of benzene rings is 2. The molecule has 0 saturated heterocycles. The van der Waals surface area contributed by atoms with Gasteiger partial charge in [0.05, 0.1) is 5.69 Å². The average Bonchev–Trinajstić information content (AvgIpc) is 2.64. The highest BCUT2D eigenvalue weighted by atomic mass is 35.5. The zero-order chi connectivity index (χ0) is 18.4. The Morgan fingerprint density at radius 2 is 1.73 bits per heavy atom. The lowest BCUT2D eigenvalue weighted by Crippen LogP contribution is -2.34. The molecule has 0 aromatic heterocycles. The lowest BCUT2D eigenvalue weighted by molar-refractivity contribution is -0.122. The van der Waals surface area contributed by atoms with Gasteiger partial charge in [-0.1, -0.05) is 35.9 Å². The van der Waals surface area contributed by atoms with Crippen LogP contribution >= 0.6 is 11.6 Å². The molecular formula is C19H13ClN2O4. The van der Waals surface area contributed by atoms with Crippen LogP contribution in [0.1, 0.15) is 27.6 Å². The van der Waals surface area contributed by atoms with Gasteiger partial charge >= 0.3 is 0 Å². The van der Waals surface area contributed by atoms with E-state index < -0.39 is 11.9 Å². The standard InChI is InChI=1S/C19H13ClN2O4/c1-9-19(25)22-13-8-10(6-7-14(13)26-9)21-16-15(20)17(23)11-4-2-3-5-12(11)18(16)24/h2-9,21H,1H3,(H,22,25)/t9-/m1/s1. The maximum Gasteiger partial charge on any atom is 0.265 e. The van der Waals surface area contributed by atoms with Gasteiger partial charge in [-0.3, -0.25) is 14.4 Å². The van der Waals surface area contributed by atoms with Gasteiger partial charge in [0.15, 0.2) is 6.10 Å². The summed E-state index contributed by atoms with van der Waals surface area (Å²) in [5.74, 6) is -0.506. The normalized spacial score (nSPS) is 18.7. The van der Waals surface area contributed by atoms with E-state index in [1.165, 1.54) is 0 Å². The van der Waals surface area contributed by atoms with Crippen LogP contribution in [0.5, 0.6) is 5.75 Å². The second-order valence-corrected chi connectivity index (χ2v) is 6.36. The Hall–Kier alpha value is -3.12. The number of amides is 1. The van der Waals surface area contributed by atoms with E-state index in [-0.39, 0.29) is 28.0 Å². The summed E-state index contributed by atoms with van der Waals surface area (Å²) in [5.41, 5.74) is 1.56. The van der Waals surface area contributed by atoms with Gasteiger partial charge in [-0.25, -0.2) is 0 Å². The third kappa shape index (κ3) is 2.55. The molecular weight excluding hydrogens is 356 g/mol. The molecule has 0 radical (unpaired) electrons. The van der Waals surface area contributed by atoms with Crippen LogP contribution in [-0.2, 0) is 4.79 Å². The highest BCUT2D eigenvalue weighted by Gasteiger charge is 2.31. The first kappa shape index (κ1) is 16.4. The van der Waals surface area contributed by atoms with E-state index in [9.17, 15) is 14.4 Å². The Labute approximate surface area is 153 Å². The van der Waals surface area contributed by atoms with E-state index in [1.807, 2.05) is 0 Å². The lowest BCUT2D eigenvalue weighted by Gasteiger charge is -2.24. The number of carbonyl (C=O) groups is 3. The van der Waals surface area contributed by atoms with Crippen LogP contribution in [0.2, 0.25) is 0 Å². The summed E-state index contributed by atoms with van der Waals surface area (Å²) in [6.07, 6.45) is -0.576. The summed E-state index contributed by atoms with van der Waals surface area (Å²) in [7, 11) is 0. The molecule has 0 saturated carbocycles. The minimum atomic E-state index is -0.576. The Bertz CT molecular complexity index is 1010. The third-order valence-corrected chi connectivity index (χ3v) is 4.60. The highest BCUT2D eigenvalue weighted by Crippen LogP contribution is 2.34. The first-order valence-electron chi connectivity index (χ1n) is 7.92. The molecule has 0 fully saturated rings. The van der Waals surface area contributed by atoms with Crippen molar-refractivity contribution in [2.24, 2.45) is 0 Å². The van der Waals surface area contributed by atoms with Crippen molar-refractivity contribution < 1.29 is 19.1 Å². The van der Waals surface area contributed by atoms with Crippen LogP contribution in [0.4, 0.5) is 11.4 Å². The van der Waals surface area contributed by atoms with Crippen molar-refractivity contribution in [3.8, 4) is 5.75 Å². The summed E-state index contributed by atoms with van der Waals surface area (Å²) in [6.45, 7) is 1.65. The molecule has 1 amide bonds. The number of halogens is 1. The van der Waals surface area contributed by atoms with E-state index in [0.29, 0.717) is 22.7 Å².